The largest absolute Gasteiger partial charge is 0.351 e. The molecule has 0 aliphatic carbocycles. The molecule has 0 unspecified atom stereocenters. The van der Waals surface area contributed by atoms with Gasteiger partial charge in [-0.1, -0.05) is 12.1 Å². The lowest BCUT2D eigenvalue weighted by atomic mass is 10.2. The van der Waals surface area contributed by atoms with Crippen molar-refractivity contribution >= 4 is 35.6 Å². The van der Waals surface area contributed by atoms with Gasteiger partial charge in [-0.15, -0.1) is 34.2 Å². The fourth-order valence-corrected chi connectivity index (χ4v) is 2.27. The zero-order valence-electron chi connectivity index (χ0n) is 13.6. The van der Waals surface area contributed by atoms with Crippen molar-refractivity contribution in [1.82, 2.24) is 30.2 Å². The van der Waals surface area contributed by atoms with Gasteiger partial charge in [0.2, 0.25) is 0 Å². The molecule has 0 bridgehead atoms. The number of aryl methyl sites for hydroxylation is 1. The molecule has 126 valence electrons. The summed E-state index contributed by atoms with van der Waals surface area (Å²) in [5.74, 6) is 1.53. The maximum atomic E-state index is 4.36. The first kappa shape index (κ1) is 18.1. The number of fused-ring (bicyclic) bond motifs is 1. The minimum absolute atomic E-state index is 0. The molecular formula is C16H20IN7. The van der Waals surface area contributed by atoms with E-state index in [-0.39, 0.29) is 24.0 Å². The average Bonchev–Trinajstić information content (AvgIpc) is 3.00. The number of nitrogens with zero attached hydrogens (tertiary/aromatic N) is 5. The molecule has 0 aliphatic heterocycles. The van der Waals surface area contributed by atoms with Gasteiger partial charge in [0.25, 0.3) is 0 Å². The van der Waals surface area contributed by atoms with Crippen LogP contribution in [-0.4, -0.2) is 32.6 Å². The third-order valence-corrected chi connectivity index (χ3v) is 3.56. The maximum absolute atomic E-state index is 4.36. The lowest BCUT2D eigenvalue weighted by molar-refractivity contribution is 0.754. The highest BCUT2D eigenvalue weighted by atomic mass is 127. The van der Waals surface area contributed by atoms with E-state index in [4.69, 9.17) is 0 Å². The van der Waals surface area contributed by atoms with Crippen molar-refractivity contribution in [1.29, 1.82) is 0 Å². The van der Waals surface area contributed by atoms with Crippen molar-refractivity contribution in [3.05, 3.63) is 59.8 Å². The Hall–Kier alpha value is -2.23. The average molecular weight is 437 g/mol. The van der Waals surface area contributed by atoms with Gasteiger partial charge >= 0.3 is 0 Å². The predicted octanol–water partition coefficient (Wildman–Crippen LogP) is 1.92. The van der Waals surface area contributed by atoms with Crippen LogP contribution in [0.5, 0.6) is 0 Å². The summed E-state index contributed by atoms with van der Waals surface area (Å²) in [7, 11) is 1.74. The molecule has 0 spiro atoms. The number of aromatic nitrogens is 4. The topological polar surface area (TPSA) is 79.5 Å². The molecule has 0 amide bonds. The molecule has 3 heterocycles. The second-order valence-corrected chi connectivity index (χ2v) is 5.09. The van der Waals surface area contributed by atoms with E-state index >= 15 is 0 Å². The summed E-state index contributed by atoms with van der Waals surface area (Å²) in [4.78, 5) is 8.59. The zero-order chi connectivity index (χ0) is 16.1. The molecular weight excluding hydrogens is 417 g/mol. The van der Waals surface area contributed by atoms with E-state index in [2.05, 4.69) is 30.8 Å². The highest BCUT2D eigenvalue weighted by molar-refractivity contribution is 14.0. The molecule has 3 aromatic rings. The van der Waals surface area contributed by atoms with E-state index in [0.29, 0.717) is 19.0 Å². The maximum Gasteiger partial charge on any atom is 0.191 e. The van der Waals surface area contributed by atoms with Crippen LogP contribution in [0.3, 0.4) is 0 Å². The Kier molecular flexibility index (Phi) is 6.47. The number of guanidine groups is 1. The molecule has 0 radical (unpaired) electrons. The number of pyridine rings is 2. The van der Waals surface area contributed by atoms with Crippen molar-refractivity contribution in [3.63, 3.8) is 0 Å². The van der Waals surface area contributed by atoms with Crippen LogP contribution in [0.1, 0.15) is 17.1 Å². The summed E-state index contributed by atoms with van der Waals surface area (Å²) < 4.78 is 1.95. The van der Waals surface area contributed by atoms with Crippen LogP contribution in [0.4, 0.5) is 0 Å². The Morgan fingerprint density at radius 2 is 1.96 bits per heavy atom. The number of nitrogens with one attached hydrogen (secondary N) is 2. The van der Waals surface area contributed by atoms with Gasteiger partial charge in [-0.25, -0.2) is 0 Å². The first-order chi connectivity index (χ1) is 11.3. The van der Waals surface area contributed by atoms with Gasteiger partial charge in [-0.3, -0.25) is 14.4 Å². The van der Waals surface area contributed by atoms with Crippen LogP contribution < -0.4 is 10.6 Å². The minimum atomic E-state index is 0. The fourth-order valence-electron chi connectivity index (χ4n) is 2.27. The van der Waals surface area contributed by atoms with Crippen molar-refractivity contribution in [2.45, 2.75) is 20.0 Å². The molecule has 3 rings (SSSR count). The lowest BCUT2D eigenvalue weighted by Gasteiger charge is -2.12. The normalized spacial score (nSPS) is 11.2. The Morgan fingerprint density at radius 3 is 2.75 bits per heavy atom. The number of rotatable bonds is 4. The Balaban J connectivity index is 0.00000208. The third-order valence-electron chi connectivity index (χ3n) is 3.56. The Labute approximate surface area is 157 Å². The van der Waals surface area contributed by atoms with E-state index in [1.807, 2.05) is 47.9 Å². The number of halogens is 1. The Morgan fingerprint density at radius 1 is 1.12 bits per heavy atom. The predicted molar refractivity (Wildman–Crippen MR) is 104 cm³/mol. The van der Waals surface area contributed by atoms with Crippen molar-refractivity contribution in [2.75, 3.05) is 7.05 Å². The summed E-state index contributed by atoms with van der Waals surface area (Å²) in [5, 5.41) is 14.8. The van der Waals surface area contributed by atoms with Gasteiger partial charge in [0, 0.05) is 19.4 Å². The summed E-state index contributed by atoms with van der Waals surface area (Å²) in [6.45, 7) is 3.20. The molecule has 2 N–H and O–H groups in total. The molecule has 7 nitrogen and oxygen atoms in total. The van der Waals surface area contributed by atoms with Gasteiger partial charge < -0.3 is 10.6 Å². The van der Waals surface area contributed by atoms with Crippen LogP contribution in [0.25, 0.3) is 5.65 Å². The zero-order valence-corrected chi connectivity index (χ0v) is 15.9. The molecule has 24 heavy (non-hydrogen) atoms. The highest BCUT2D eigenvalue weighted by Gasteiger charge is 2.06. The van der Waals surface area contributed by atoms with Gasteiger partial charge in [-0.05, 0) is 30.7 Å². The third kappa shape index (κ3) is 4.19. The molecule has 0 aliphatic rings. The minimum Gasteiger partial charge on any atom is -0.351 e. The first-order valence-corrected chi connectivity index (χ1v) is 7.41. The Bertz CT molecular complexity index is 828. The molecule has 0 fully saturated rings. The highest BCUT2D eigenvalue weighted by Crippen LogP contribution is 2.03. The van der Waals surface area contributed by atoms with Crippen LogP contribution in [0, 0.1) is 6.92 Å². The van der Waals surface area contributed by atoms with Crippen molar-refractivity contribution in [2.24, 2.45) is 4.99 Å². The summed E-state index contributed by atoms with van der Waals surface area (Å²) in [5.41, 5.74) is 2.98. The molecule has 0 atom stereocenters. The van der Waals surface area contributed by atoms with E-state index in [1.165, 1.54) is 0 Å². The SMILES string of the molecule is CN=C(NCc1ncccc1C)NCc1nnc2ccccn12.I. The number of hydrogen-bond acceptors (Lipinski definition) is 4. The van der Waals surface area contributed by atoms with Crippen LogP contribution in [0.2, 0.25) is 0 Å². The van der Waals surface area contributed by atoms with E-state index in [0.717, 1.165) is 22.7 Å². The number of hydrogen-bond donors (Lipinski definition) is 2. The smallest absolute Gasteiger partial charge is 0.191 e. The standard InChI is InChI=1S/C16H19N7.HI/c1-12-6-5-8-18-13(12)10-19-16(17-2)20-11-15-22-21-14-7-3-4-9-23(14)15;/h3-9H,10-11H2,1-2H3,(H2,17,19,20);1H. The van der Waals surface area contributed by atoms with Gasteiger partial charge in [0.1, 0.15) is 0 Å². The molecule has 0 aromatic carbocycles. The molecule has 0 saturated carbocycles. The van der Waals surface area contributed by atoms with E-state index in [1.54, 1.807) is 13.2 Å². The summed E-state index contributed by atoms with van der Waals surface area (Å²) in [6, 6.07) is 9.80. The second-order valence-electron chi connectivity index (χ2n) is 5.09. The van der Waals surface area contributed by atoms with E-state index < -0.39 is 0 Å². The lowest BCUT2D eigenvalue weighted by Crippen LogP contribution is -2.37. The van der Waals surface area contributed by atoms with Crippen LogP contribution in [-0.2, 0) is 13.1 Å². The second kappa shape index (κ2) is 8.57. The molecule has 3 aromatic heterocycles. The fraction of sp³-hybridized carbons (Fsp3) is 0.250. The van der Waals surface area contributed by atoms with Gasteiger partial charge in [-0.2, -0.15) is 0 Å². The summed E-state index contributed by atoms with van der Waals surface area (Å²) in [6.07, 6.45) is 3.74. The van der Waals surface area contributed by atoms with Gasteiger partial charge in [0.05, 0.1) is 18.8 Å². The van der Waals surface area contributed by atoms with Crippen LogP contribution >= 0.6 is 24.0 Å². The quantitative estimate of drug-likeness (QED) is 0.371. The van der Waals surface area contributed by atoms with Crippen molar-refractivity contribution in [3.8, 4) is 0 Å². The first-order valence-electron chi connectivity index (χ1n) is 7.41. The van der Waals surface area contributed by atoms with Crippen LogP contribution in [0.15, 0.2) is 47.7 Å². The number of aliphatic imine (C=N–C) groups is 1. The molecule has 8 heteroatoms. The summed E-state index contributed by atoms with van der Waals surface area (Å²) >= 11 is 0. The molecule has 0 saturated heterocycles. The van der Waals surface area contributed by atoms with Crippen molar-refractivity contribution < 1.29 is 0 Å². The van der Waals surface area contributed by atoms with Gasteiger partial charge in [0.15, 0.2) is 17.4 Å². The monoisotopic (exact) mass is 437 g/mol. The van der Waals surface area contributed by atoms with E-state index in [9.17, 15) is 0 Å².